The molecule has 1 rings (SSSR count). The molecule has 0 fully saturated rings. The smallest absolute Gasteiger partial charge is 0.0926 e. The molecule has 1 aromatic carbocycles. The number of nitrogen functional groups attached to an aromatic ring is 1. The van der Waals surface area contributed by atoms with Crippen LogP contribution in [0.1, 0.15) is 19.4 Å². The van der Waals surface area contributed by atoms with Crippen LogP contribution in [0.2, 0.25) is 0 Å². The molecule has 0 unspecified atom stereocenters. The maximum absolute atomic E-state index is 5.79. The zero-order valence-corrected chi connectivity index (χ0v) is 7.99. The van der Waals surface area contributed by atoms with Crippen molar-refractivity contribution in [1.82, 2.24) is 0 Å². The molecule has 0 saturated heterocycles. The summed E-state index contributed by atoms with van der Waals surface area (Å²) in [7, 11) is 0. The number of para-hydroxylation sites is 1. The highest BCUT2D eigenvalue weighted by Gasteiger charge is 1.99. The molecule has 0 aliphatic rings. The van der Waals surface area contributed by atoms with Crippen LogP contribution in [-0.2, 0) is 0 Å². The average molecular weight is 174 g/mol. The summed E-state index contributed by atoms with van der Waals surface area (Å²) in [6, 6.07) is 5.79. The van der Waals surface area contributed by atoms with E-state index in [0.29, 0.717) is 5.69 Å². The first-order chi connectivity index (χ1) is 6.29. The zero-order chi connectivity index (χ0) is 9.68. The molecule has 0 spiro atoms. The molecular weight excluding hydrogens is 160 g/mol. The third-order valence-corrected chi connectivity index (χ3v) is 1.70. The van der Waals surface area contributed by atoms with Gasteiger partial charge in [-0.25, -0.2) is 0 Å². The number of anilines is 1. The van der Waals surface area contributed by atoms with Gasteiger partial charge in [0.1, 0.15) is 0 Å². The van der Waals surface area contributed by atoms with Gasteiger partial charge in [-0.3, -0.25) is 4.99 Å². The van der Waals surface area contributed by atoms with E-state index < -0.39 is 0 Å². The Balaban J connectivity index is 3.25. The number of nitrogens with zero attached hydrogens (tertiary/aromatic N) is 1. The normalized spacial score (nSPS) is 11.5. The predicted octanol–water partition coefficient (Wildman–Crippen LogP) is 3.02. The van der Waals surface area contributed by atoms with Crippen molar-refractivity contribution in [2.75, 3.05) is 5.73 Å². The van der Waals surface area contributed by atoms with Crippen LogP contribution in [0.5, 0.6) is 0 Å². The predicted molar refractivity (Wildman–Crippen MR) is 59.4 cm³/mol. The molecule has 0 amide bonds. The second-order valence-corrected chi connectivity index (χ2v) is 2.67. The standard InChI is InChI=1S/C11H14N2/c1-3-6-9-7-5-8-10(12)11(9)13-4-2/h3-8H,12H2,1-2H3. The van der Waals surface area contributed by atoms with Crippen molar-refractivity contribution in [2.45, 2.75) is 13.8 Å². The second kappa shape index (κ2) is 4.45. The van der Waals surface area contributed by atoms with E-state index in [1.807, 2.05) is 44.2 Å². The average Bonchev–Trinajstić information content (AvgIpc) is 2.11. The lowest BCUT2D eigenvalue weighted by Crippen LogP contribution is -1.87. The third kappa shape index (κ3) is 2.18. The lowest BCUT2D eigenvalue weighted by Gasteiger charge is -2.03. The van der Waals surface area contributed by atoms with E-state index in [4.69, 9.17) is 5.73 Å². The maximum atomic E-state index is 5.79. The molecule has 13 heavy (non-hydrogen) atoms. The summed E-state index contributed by atoms with van der Waals surface area (Å²) in [5.41, 5.74) is 8.41. The van der Waals surface area contributed by atoms with Crippen molar-refractivity contribution in [3.63, 3.8) is 0 Å². The van der Waals surface area contributed by atoms with Crippen LogP contribution in [0.15, 0.2) is 29.3 Å². The van der Waals surface area contributed by atoms with Crippen LogP contribution in [-0.4, -0.2) is 6.21 Å². The number of aliphatic imine (C=N–C) groups is 1. The summed E-state index contributed by atoms with van der Waals surface area (Å²) < 4.78 is 0. The van der Waals surface area contributed by atoms with E-state index in [1.54, 1.807) is 6.21 Å². The highest BCUT2D eigenvalue weighted by atomic mass is 14.8. The first kappa shape index (κ1) is 9.52. The quantitative estimate of drug-likeness (QED) is 0.543. The number of hydrogen-bond donors (Lipinski definition) is 1. The summed E-state index contributed by atoms with van der Waals surface area (Å²) >= 11 is 0. The van der Waals surface area contributed by atoms with Crippen molar-refractivity contribution in [1.29, 1.82) is 0 Å². The minimum absolute atomic E-state index is 0.716. The van der Waals surface area contributed by atoms with Crippen LogP contribution >= 0.6 is 0 Å². The van der Waals surface area contributed by atoms with Crippen LogP contribution < -0.4 is 5.73 Å². The van der Waals surface area contributed by atoms with Gasteiger partial charge in [0.25, 0.3) is 0 Å². The highest BCUT2D eigenvalue weighted by molar-refractivity contribution is 5.78. The monoisotopic (exact) mass is 174 g/mol. The Morgan fingerprint density at radius 1 is 1.31 bits per heavy atom. The summed E-state index contributed by atoms with van der Waals surface area (Å²) in [5, 5.41) is 0. The number of allylic oxidation sites excluding steroid dienone is 1. The largest absolute Gasteiger partial charge is 0.397 e. The fourth-order valence-corrected chi connectivity index (χ4v) is 1.17. The number of nitrogens with two attached hydrogens (primary N) is 1. The van der Waals surface area contributed by atoms with Crippen LogP contribution in [0.4, 0.5) is 11.4 Å². The summed E-state index contributed by atoms with van der Waals surface area (Å²) in [5.74, 6) is 0. The SMILES string of the molecule is CC=Cc1cccc(N)c1N=CC. The van der Waals surface area contributed by atoms with E-state index >= 15 is 0 Å². The van der Waals surface area contributed by atoms with Crippen LogP contribution in [0, 0.1) is 0 Å². The van der Waals surface area contributed by atoms with E-state index in [-0.39, 0.29) is 0 Å². The van der Waals surface area contributed by atoms with Crippen molar-refractivity contribution in [3.8, 4) is 0 Å². The summed E-state index contributed by atoms with van der Waals surface area (Å²) in [6.07, 6.45) is 5.72. The number of hydrogen-bond acceptors (Lipinski definition) is 2. The number of rotatable bonds is 2. The molecule has 1 aromatic rings. The maximum Gasteiger partial charge on any atom is 0.0926 e. The van der Waals surface area contributed by atoms with Gasteiger partial charge < -0.3 is 5.73 Å². The molecule has 2 heteroatoms. The van der Waals surface area contributed by atoms with E-state index in [1.165, 1.54) is 0 Å². The van der Waals surface area contributed by atoms with Gasteiger partial charge in [-0.15, -0.1) is 0 Å². The van der Waals surface area contributed by atoms with E-state index in [0.717, 1.165) is 11.3 Å². The topological polar surface area (TPSA) is 38.4 Å². The highest BCUT2D eigenvalue weighted by Crippen LogP contribution is 2.27. The molecule has 0 atom stereocenters. The van der Waals surface area contributed by atoms with Gasteiger partial charge in [-0.1, -0.05) is 24.3 Å². The Morgan fingerprint density at radius 2 is 2.08 bits per heavy atom. The van der Waals surface area contributed by atoms with E-state index in [9.17, 15) is 0 Å². The Labute approximate surface area is 78.8 Å². The molecular formula is C11H14N2. The van der Waals surface area contributed by atoms with Crippen molar-refractivity contribution < 1.29 is 0 Å². The Kier molecular flexibility index (Phi) is 3.26. The third-order valence-electron chi connectivity index (χ3n) is 1.70. The first-order valence-corrected chi connectivity index (χ1v) is 4.29. The van der Waals surface area contributed by atoms with Crippen molar-refractivity contribution in [2.24, 2.45) is 4.99 Å². The van der Waals surface area contributed by atoms with Gasteiger partial charge in [0.2, 0.25) is 0 Å². The second-order valence-electron chi connectivity index (χ2n) is 2.67. The molecule has 0 aromatic heterocycles. The first-order valence-electron chi connectivity index (χ1n) is 4.29. The molecule has 0 aliphatic carbocycles. The molecule has 0 heterocycles. The fourth-order valence-electron chi connectivity index (χ4n) is 1.17. The lowest BCUT2D eigenvalue weighted by atomic mass is 10.1. The fraction of sp³-hybridized carbons (Fsp3) is 0.182. The van der Waals surface area contributed by atoms with Crippen LogP contribution in [0.25, 0.3) is 6.08 Å². The zero-order valence-electron chi connectivity index (χ0n) is 7.99. The van der Waals surface area contributed by atoms with Gasteiger partial charge in [0.05, 0.1) is 11.4 Å². The lowest BCUT2D eigenvalue weighted by molar-refractivity contribution is 1.50. The van der Waals surface area contributed by atoms with Crippen molar-refractivity contribution >= 4 is 23.7 Å². The van der Waals surface area contributed by atoms with Crippen molar-refractivity contribution in [3.05, 3.63) is 29.8 Å². The molecule has 2 N–H and O–H groups in total. The number of benzene rings is 1. The van der Waals surface area contributed by atoms with E-state index in [2.05, 4.69) is 4.99 Å². The van der Waals surface area contributed by atoms with Gasteiger partial charge in [0.15, 0.2) is 0 Å². The minimum Gasteiger partial charge on any atom is -0.397 e. The molecule has 0 bridgehead atoms. The Hall–Kier alpha value is -1.57. The molecule has 0 radical (unpaired) electrons. The van der Waals surface area contributed by atoms with Gasteiger partial charge in [-0.2, -0.15) is 0 Å². The van der Waals surface area contributed by atoms with Crippen LogP contribution in [0.3, 0.4) is 0 Å². The minimum atomic E-state index is 0.716. The summed E-state index contributed by atoms with van der Waals surface area (Å²) in [4.78, 5) is 4.22. The molecule has 2 nitrogen and oxygen atoms in total. The Morgan fingerprint density at radius 3 is 2.69 bits per heavy atom. The van der Waals surface area contributed by atoms with Gasteiger partial charge >= 0.3 is 0 Å². The molecule has 68 valence electrons. The molecule has 0 aliphatic heterocycles. The van der Waals surface area contributed by atoms with Gasteiger partial charge in [0, 0.05) is 11.8 Å². The van der Waals surface area contributed by atoms with Gasteiger partial charge in [-0.05, 0) is 19.9 Å². The summed E-state index contributed by atoms with van der Waals surface area (Å²) in [6.45, 7) is 3.86. The molecule has 0 saturated carbocycles. The Bertz CT molecular complexity index is 338.